The van der Waals surface area contributed by atoms with Gasteiger partial charge in [0, 0.05) is 19.3 Å². The van der Waals surface area contributed by atoms with E-state index >= 15 is 0 Å². The first-order chi connectivity index (χ1) is 7.27. The Kier molecular flexibility index (Phi) is 3.39. The summed E-state index contributed by atoms with van der Waals surface area (Å²) in [5.74, 6) is 0.584. The van der Waals surface area contributed by atoms with E-state index in [4.69, 9.17) is 10.5 Å². The lowest BCUT2D eigenvalue weighted by Gasteiger charge is -2.28. The third-order valence-corrected chi connectivity index (χ3v) is 3.20. The van der Waals surface area contributed by atoms with E-state index in [9.17, 15) is 0 Å². The van der Waals surface area contributed by atoms with E-state index in [1.165, 1.54) is 11.1 Å². The molecule has 2 N–H and O–H groups in total. The Hall–Kier alpha value is -0.860. The molecule has 1 aliphatic heterocycles. The fourth-order valence-corrected chi connectivity index (χ4v) is 2.22. The molecule has 1 heterocycles. The zero-order chi connectivity index (χ0) is 10.7. The molecule has 2 rings (SSSR count). The molecule has 0 spiro atoms. The molecule has 0 aromatic heterocycles. The molecule has 0 unspecified atom stereocenters. The number of ether oxygens (including phenoxy) is 1. The van der Waals surface area contributed by atoms with Crippen molar-refractivity contribution < 1.29 is 4.74 Å². The second-order valence-electron chi connectivity index (χ2n) is 4.39. The number of hydrogen-bond donors (Lipinski definition) is 1. The zero-order valence-corrected chi connectivity index (χ0v) is 9.28. The van der Waals surface area contributed by atoms with Crippen molar-refractivity contribution in [2.45, 2.75) is 25.8 Å². The van der Waals surface area contributed by atoms with E-state index in [2.05, 4.69) is 31.2 Å². The Morgan fingerprint density at radius 3 is 2.73 bits per heavy atom. The van der Waals surface area contributed by atoms with Crippen molar-refractivity contribution in [1.29, 1.82) is 0 Å². The fourth-order valence-electron chi connectivity index (χ4n) is 2.22. The highest BCUT2D eigenvalue weighted by atomic mass is 16.5. The van der Waals surface area contributed by atoms with Gasteiger partial charge in [-0.3, -0.25) is 0 Å². The van der Waals surface area contributed by atoms with E-state index in [1.54, 1.807) is 0 Å². The maximum absolute atomic E-state index is 6.28. The molecule has 82 valence electrons. The van der Waals surface area contributed by atoms with Crippen LogP contribution < -0.4 is 5.73 Å². The Morgan fingerprint density at radius 1 is 1.33 bits per heavy atom. The summed E-state index contributed by atoms with van der Waals surface area (Å²) in [4.78, 5) is 0. The molecule has 0 amide bonds. The third kappa shape index (κ3) is 2.58. The summed E-state index contributed by atoms with van der Waals surface area (Å²) < 4.78 is 5.35. The maximum atomic E-state index is 6.28. The minimum Gasteiger partial charge on any atom is -0.381 e. The Balaban J connectivity index is 2.08. The zero-order valence-electron chi connectivity index (χ0n) is 9.28. The summed E-state index contributed by atoms with van der Waals surface area (Å²) >= 11 is 0. The summed E-state index contributed by atoms with van der Waals surface area (Å²) in [6.07, 6.45) is 2.18. The van der Waals surface area contributed by atoms with Crippen LogP contribution in [-0.4, -0.2) is 13.2 Å². The van der Waals surface area contributed by atoms with Crippen molar-refractivity contribution in [3.05, 3.63) is 35.4 Å². The van der Waals surface area contributed by atoms with Crippen LogP contribution in [0.15, 0.2) is 24.3 Å². The molecule has 1 atom stereocenters. The summed E-state index contributed by atoms with van der Waals surface area (Å²) in [5, 5.41) is 0. The molecule has 1 fully saturated rings. The monoisotopic (exact) mass is 205 g/mol. The standard InChI is InChI=1S/C13H19NO/c1-10-3-2-4-12(9-10)13(14)11-5-7-15-8-6-11/h2-4,9,11,13H,5-8,14H2,1H3/t13-/m0/s1. The van der Waals surface area contributed by atoms with Gasteiger partial charge < -0.3 is 10.5 Å². The predicted octanol–water partition coefficient (Wildman–Crippen LogP) is 2.42. The van der Waals surface area contributed by atoms with Crippen LogP contribution in [0, 0.1) is 12.8 Å². The SMILES string of the molecule is Cc1cccc([C@@H](N)C2CCOCC2)c1. The summed E-state index contributed by atoms with van der Waals surface area (Å²) in [6.45, 7) is 3.84. The van der Waals surface area contributed by atoms with Crippen LogP contribution in [0.25, 0.3) is 0 Å². The number of nitrogens with two attached hydrogens (primary N) is 1. The van der Waals surface area contributed by atoms with E-state index in [-0.39, 0.29) is 6.04 Å². The summed E-state index contributed by atoms with van der Waals surface area (Å²) in [5.41, 5.74) is 8.84. The van der Waals surface area contributed by atoms with Gasteiger partial charge in [0.2, 0.25) is 0 Å². The van der Waals surface area contributed by atoms with Crippen molar-refractivity contribution in [3.63, 3.8) is 0 Å². The highest BCUT2D eigenvalue weighted by Gasteiger charge is 2.21. The number of benzene rings is 1. The average molecular weight is 205 g/mol. The fraction of sp³-hybridized carbons (Fsp3) is 0.538. The van der Waals surface area contributed by atoms with Crippen LogP contribution >= 0.6 is 0 Å². The molecular formula is C13H19NO. The normalized spacial score (nSPS) is 20.1. The second kappa shape index (κ2) is 4.77. The summed E-state index contributed by atoms with van der Waals surface area (Å²) in [6, 6.07) is 8.70. The van der Waals surface area contributed by atoms with E-state index in [0.29, 0.717) is 5.92 Å². The molecule has 1 saturated heterocycles. The topological polar surface area (TPSA) is 35.2 Å². The third-order valence-electron chi connectivity index (χ3n) is 3.20. The smallest absolute Gasteiger partial charge is 0.0469 e. The average Bonchev–Trinajstić information content (AvgIpc) is 2.29. The van der Waals surface area contributed by atoms with E-state index in [1.807, 2.05) is 0 Å². The molecule has 2 heteroatoms. The highest BCUT2D eigenvalue weighted by Crippen LogP contribution is 2.28. The van der Waals surface area contributed by atoms with Crippen LogP contribution in [0.1, 0.15) is 30.0 Å². The lowest BCUT2D eigenvalue weighted by molar-refractivity contribution is 0.0584. The Morgan fingerprint density at radius 2 is 2.07 bits per heavy atom. The Labute approximate surface area is 91.4 Å². The molecule has 0 bridgehead atoms. The van der Waals surface area contributed by atoms with Gasteiger partial charge in [0.15, 0.2) is 0 Å². The molecule has 0 radical (unpaired) electrons. The first-order valence-electron chi connectivity index (χ1n) is 5.67. The van der Waals surface area contributed by atoms with Crippen molar-refractivity contribution in [1.82, 2.24) is 0 Å². The molecule has 0 aliphatic carbocycles. The minimum absolute atomic E-state index is 0.175. The largest absolute Gasteiger partial charge is 0.381 e. The van der Waals surface area contributed by atoms with Gasteiger partial charge in [0.05, 0.1) is 0 Å². The lowest BCUT2D eigenvalue weighted by Crippen LogP contribution is -2.27. The number of aryl methyl sites for hydroxylation is 1. The van der Waals surface area contributed by atoms with Crippen LogP contribution in [0.4, 0.5) is 0 Å². The predicted molar refractivity (Wildman–Crippen MR) is 61.7 cm³/mol. The first-order valence-corrected chi connectivity index (χ1v) is 5.67. The van der Waals surface area contributed by atoms with Gasteiger partial charge >= 0.3 is 0 Å². The maximum Gasteiger partial charge on any atom is 0.0469 e. The van der Waals surface area contributed by atoms with Crippen molar-refractivity contribution in [3.8, 4) is 0 Å². The molecule has 1 aromatic carbocycles. The van der Waals surface area contributed by atoms with E-state index < -0.39 is 0 Å². The molecule has 15 heavy (non-hydrogen) atoms. The summed E-state index contributed by atoms with van der Waals surface area (Å²) in [7, 11) is 0. The highest BCUT2D eigenvalue weighted by molar-refractivity contribution is 5.25. The second-order valence-corrected chi connectivity index (χ2v) is 4.39. The first kappa shape index (κ1) is 10.7. The van der Waals surface area contributed by atoms with E-state index in [0.717, 1.165) is 26.1 Å². The quantitative estimate of drug-likeness (QED) is 0.804. The van der Waals surface area contributed by atoms with Gasteiger partial charge in [-0.05, 0) is 31.2 Å². The van der Waals surface area contributed by atoms with Gasteiger partial charge in [-0.15, -0.1) is 0 Å². The van der Waals surface area contributed by atoms with Gasteiger partial charge in [0.1, 0.15) is 0 Å². The van der Waals surface area contributed by atoms with Crippen LogP contribution in [-0.2, 0) is 4.74 Å². The molecular weight excluding hydrogens is 186 g/mol. The van der Waals surface area contributed by atoms with Gasteiger partial charge in [-0.2, -0.15) is 0 Å². The van der Waals surface area contributed by atoms with Crippen LogP contribution in [0.3, 0.4) is 0 Å². The van der Waals surface area contributed by atoms with Crippen molar-refractivity contribution in [2.24, 2.45) is 11.7 Å². The lowest BCUT2D eigenvalue weighted by atomic mass is 9.87. The minimum atomic E-state index is 0.175. The van der Waals surface area contributed by atoms with Gasteiger partial charge in [-0.1, -0.05) is 29.8 Å². The van der Waals surface area contributed by atoms with Crippen LogP contribution in [0.5, 0.6) is 0 Å². The van der Waals surface area contributed by atoms with Crippen LogP contribution in [0.2, 0.25) is 0 Å². The Bertz CT molecular complexity index is 318. The number of rotatable bonds is 2. The van der Waals surface area contributed by atoms with Crippen molar-refractivity contribution in [2.75, 3.05) is 13.2 Å². The van der Waals surface area contributed by atoms with Gasteiger partial charge in [0.25, 0.3) is 0 Å². The van der Waals surface area contributed by atoms with Gasteiger partial charge in [-0.25, -0.2) is 0 Å². The molecule has 1 aromatic rings. The van der Waals surface area contributed by atoms with Crippen molar-refractivity contribution >= 4 is 0 Å². The molecule has 1 aliphatic rings. The number of hydrogen-bond acceptors (Lipinski definition) is 2. The molecule has 2 nitrogen and oxygen atoms in total. The molecule has 0 saturated carbocycles.